The van der Waals surface area contributed by atoms with Gasteiger partial charge in [0.25, 0.3) is 0 Å². The summed E-state index contributed by atoms with van der Waals surface area (Å²) < 4.78 is 25.3. The third-order valence-corrected chi connectivity index (χ3v) is 5.32. The van der Waals surface area contributed by atoms with Gasteiger partial charge in [0.2, 0.25) is 11.6 Å². The number of nitrogens with one attached hydrogen (secondary N) is 2. The van der Waals surface area contributed by atoms with Crippen LogP contribution in [0.15, 0.2) is 36.4 Å². The summed E-state index contributed by atoms with van der Waals surface area (Å²) in [5.41, 5.74) is 1.30. The number of piperidine rings is 1. The molecule has 0 bridgehead atoms. The van der Waals surface area contributed by atoms with Gasteiger partial charge in [0.05, 0.1) is 0 Å². The van der Waals surface area contributed by atoms with Gasteiger partial charge in [-0.1, -0.05) is 24.6 Å². The maximum atomic E-state index is 11.5. The lowest BCUT2D eigenvalue weighted by molar-refractivity contribution is 0.220. The van der Waals surface area contributed by atoms with Crippen LogP contribution >= 0.6 is 11.1 Å². The number of benzene rings is 1. The van der Waals surface area contributed by atoms with E-state index >= 15 is 0 Å². The van der Waals surface area contributed by atoms with Crippen LogP contribution in [0.1, 0.15) is 38.7 Å². The lowest BCUT2D eigenvalue weighted by Gasteiger charge is -2.26. The topological polar surface area (TPSA) is 85.4 Å². The Labute approximate surface area is 176 Å². The minimum atomic E-state index is -1.54. The molecule has 1 aromatic carbocycles. The molecule has 1 aliphatic heterocycles. The highest BCUT2D eigenvalue weighted by Gasteiger charge is 2.15. The monoisotopic (exact) mass is 417 g/mol. The Morgan fingerprint density at radius 2 is 1.97 bits per heavy atom. The standard InChI is InChI=1S/C21H31N5O2S/c1-17(2)23-21-20(24-29(27)25-21)22-11-4-7-14-28-19-10-8-9-18(15-19)16-26-12-5-3-6-13-26/h4,7-10,15,17H,3,5-6,11-14,16H2,1-2H3,(H,22,24)(H,23,25)/b7-4-. The molecule has 0 spiro atoms. The average Bonchev–Trinajstić information content (AvgIpc) is 3.04. The summed E-state index contributed by atoms with van der Waals surface area (Å²) >= 11 is -1.54. The van der Waals surface area contributed by atoms with Crippen LogP contribution in [0, 0.1) is 0 Å². The van der Waals surface area contributed by atoms with E-state index in [0.29, 0.717) is 24.8 Å². The number of likely N-dealkylation sites (tertiary alicyclic amines) is 1. The van der Waals surface area contributed by atoms with Gasteiger partial charge in [0.1, 0.15) is 12.4 Å². The number of aromatic nitrogens is 2. The van der Waals surface area contributed by atoms with Crippen molar-refractivity contribution in [1.82, 2.24) is 13.6 Å². The van der Waals surface area contributed by atoms with Crippen molar-refractivity contribution in [2.45, 2.75) is 45.7 Å². The van der Waals surface area contributed by atoms with E-state index in [1.54, 1.807) is 0 Å². The number of hydrogen-bond acceptors (Lipinski definition) is 7. The van der Waals surface area contributed by atoms with Crippen molar-refractivity contribution in [3.8, 4) is 5.75 Å². The largest absolute Gasteiger partial charge is 0.546 e. The van der Waals surface area contributed by atoms with E-state index in [1.807, 2.05) is 32.1 Å². The highest BCUT2D eigenvalue weighted by molar-refractivity contribution is 7.14. The van der Waals surface area contributed by atoms with Gasteiger partial charge in [0, 0.05) is 27.9 Å². The summed E-state index contributed by atoms with van der Waals surface area (Å²) in [5.74, 6) is 1.98. The SMILES string of the molecule is CC(C)Nc1n[s+]([O-])nc1NC/C=C\COc1cccc(CN2CCCCC2)c1. The first-order chi connectivity index (χ1) is 14.1. The molecule has 158 valence electrons. The average molecular weight is 418 g/mol. The summed E-state index contributed by atoms with van der Waals surface area (Å²) in [4.78, 5) is 2.51. The van der Waals surface area contributed by atoms with Gasteiger partial charge >= 0.3 is 0 Å². The van der Waals surface area contributed by atoms with Crippen LogP contribution in [0.5, 0.6) is 5.75 Å². The van der Waals surface area contributed by atoms with Gasteiger partial charge in [-0.25, -0.2) is 0 Å². The molecular formula is C21H31N5O2S. The van der Waals surface area contributed by atoms with Crippen molar-refractivity contribution in [3.05, 3.63) is 42.0 Å². The predicted molar refractivity (Wildman–Crippen MR) is 118 cm³/mol. The van der Waals surface area contributed by atoms with E-state index in [0.717, 1.165) is 12.3 Å². The summed E-state index contributed by atoms with van der Waals surface area (Å²) in [6.45, 7) is 8.44. The summed E-state index contributed by atoms with van der Waals surface area (Å²) in [6, 6.07) is 8.54. The summed E-state index contributed by atoms with van der Waals surface area (Å²) in [6.07, 6.45) is 7.89. The minimum Gasteiger partial charge on any atom is -0.546 e. The second-order valence-corrected chi connectivity index (χ2v) is 8.38. The predicted octanol–water partition coefficient (Wildman–Crippen LogP) is 4.06. The lowest BCUT2D eigenvalue weighted by atomic mass is 10.1. The van der Waals surface area contributed by atoms with Gasteiger partial charge in [0.15, 0.2) is 11.1 Å². The van der Waals surface area contributed by atoms with E-state index in [9.17, 15) is 4.55 Å². The molecule has 0 aliphatic carbocycles. The van der Waals surface area contributed by atoms with Crippen LogP contribution in [0.4, 0.5) is 11.6 Å². The van der Waals surface area contributed by atoms with Crippen molar-refractivity contribution in [2.24, 2.45) is 0 Å². The zero-order valence-corrected chi connectivity index (χ0v) is 18.1. The van der Waals surface area contributed by atoms with Gasteiger partial charge in [-0.2, -0.15) is 0 Å². The molecule has 8 heteroatoms. The zero-order chi connectivity index (χ0) is 20.5. The fourth-order valence-electron chi connectivity index (χ4n) is 3.31. The molecule has 0 saturated carbocycles. The number of hydrogen-bond donors (Lipinski definition) is 2. The molecule has 1 unspecified atom stereocenters. The molecule has 2 heterocycles. The fourth-order valence-corrected chi connectivity index (χ4v) is 3.95. The van der Waals surface area contributed by atoms with E-state index in [4.69, 9.17) is 4.74 Å². The van der Waals surface area contributed by atoms with Crippen LogP contribution in [-0.2, 0) is 6.54 Å². The third-order valence-electron chi connectivity index (χ3n) is 4.64. The van der Waals surface area contributed by atoms with E-state index in [-0.39, 0.29) is 6.04 Å². The molecule has 1 aromatic heterocycles. The summed E-state index contributed by atoms with van der Waals surface area (Å²) in [7, 11) is 0. The van der Waals surface area contributed by atoms with Gasteiger partial charge in [-0.3, -0.25) is 4.90 Å². The quantitative estimate of drug-likeness (QED) is 0.445. The Bertz CT molecular complexity index is 787. The van der Waals surface area contributed by atoms with Crippen LogP contribution in [0.25, 0.3) is 0 Å². The lowest BCUT2D eigenvalue weighted by Crippen LogP contribution is -2.29. The van der Waals surface area contributed by atoms with Gasteiger partial charge in [-0.15, -0.1) is 0 Å². The Morgan fingerprint density at radius 1 is 1.17 bits per heavy atom. The first-order valence-corrected chi connectivity index (χ1v) is 11.4. The first-order valence-electron chi connectivity index (χ1n) is 10.3. The maximum absolute atomic E-state index is 11.5. The number of anilines is 2. The molecule has 1 saturated heterocycles. The van der Waals surface area contributed by atoms with E-state index in [1.165, 1.54) is 37.9 Å². The molecule has 29 heavy (non-hydrogen) atoms. The van der Waals surface area contributed by atoms with Gasteiger partial charge in [-0.05, 0) is 63.6 Å². The molecule has 0 amide bonds. The number of rotatable bonds is 10. The highest BCUT2D eigenvalue weighted by atomic mass is 32.2. The number of ether oxygens (including phenoxy) is 1. The molecule has 1 fully saturated rings. The Hall–Kier alpha value is -2.16. The van der Waals surface area contributed by atoms with Crippen molar-refractivity contribution in [2.75, 3.05) is 36.9 Å². The Kier molecular flexibility index (Phi) is 8.27. The van der Waals surface area contributed by atoms with Gasteiger partial charge < -0.3 is 19.9 Å². The van der Waals surface area contributed by atoms with Crippen molar-refractivity contribution >= 4 is 22.8 Å². The molecule has 2 N–H and O–H groups in total. The van der Waals surface area contributed by atoms with Crippen molar-refractivity contribution in [1.29, 1.82) is 0 Å². The molecule has 7 nitrogen and oxygen atoms in total. The fraction of sp³-hybridized carbons (Fsp3) is 0.524. The van der Waals surface area contributed by atoms with Crippen LogP contribution in [-0.4, -0.2) is 50.5 Å². The molecule has 0 radical (unpaired) electrons. The van der Waals surface area contributed by atoms with Crippen LogP contribution < -0.4 is 15.4 Å². The zero-order valence-electron chi connectivity index (χ0n) is 17.3. The molecule has 1 aliphatic rings. The molecule has 2 aromatic rings. The third kappa shape index (κ3) is 7.30. The molecule has 1 atom stereocenters. The van der Waals surface area contributed by atoms with E-state index < -0.39 is 11.1 Å². The summed E-state index contributed by atoms with van der Waals surface area (Å²) in [5, 5.41) is 6.28. The maximum Gasteiger partial charge on any atom is 0.233 e. The molecular weight excluding hydrogens is 386 g/mol. The normalized spacial score (nSPS) is 15.8. The first kappa shape index (κ1) is 21.5. The molecule has 3 rings (SSSR count). The van der Waals surface area contributed by atoms with E-state index in [2.05, 4.69) is 42.5 Å². The van der Waals surface area contributed by atoms with Crippen LogP contribution in [0.3, 0.4) is 0 Å². The van der Waals surface area contributed by atoms with Crippen molar-refractivity contribution in [3.63, 3.8) is 0 Å². The van der Waals surface area contributed by atoms with Crippen molar-refractivity contribution < 1.29 is 9.29 Å². The number of nitrogens with zero attached hydrogens (tertiary/aromatic N) is 3. The highest BCUT2D eigenvalue weighted by Crippen LogP contribution is 2.23. The smallest absolute Gasteiger partial charge is 0.233 e. The Balaban J connectivity index is 1.41. The second-order valence-electron chi connectivity index (χ2n) is 7.56. The second kappa shape index (κ2) is 11.1. The van der Waals surface area contributed by atoms with Crippen LogP contribution in [0.2, 0.25) is 0 Å². The Morgan fingerprint density at radius 3 is 2.76 bits per heavy atom. The minimum absolute atomic E-state index is 0.200.